The van der Waals surface area contributed by atoms with E-state index in [1.807, 2.05) is 0 Å². The van der Waals surface area contributed by atoms with Gasteiger partial charge in [-0.25, -0.2) is 13.1 Å². The second kappa shape index (κ2) is 7.16. The zero-order valence-corrected chi connectivity index (χ0v) is 12.5. The number of nitrogens with two attached hydrogens (primary N) is 1. The van der Waals surface area contributed by atoms with Crippen molar-refractivity contribution >= 4 is 10.0 Å². The Labute approximate surface area is 120 Å². The average Bonchev–Trinajstić information content (AvgIpc) is 2.90. The molecule has 2 rings (SSSR count). The maximum absolute atomic E-state index is 12.1. The first kappa shape index (κ1) is 15.4. The zero-order chi connectivity index (χ0) is 14.4. The molecule has 1 aliphatic heterocycles. The molecule has 0 amide bonds. The molecule has 1 aliphatic rings. The van der Waals surface area contributed by atoms with Gasteiger partial charge in [-0.2, -0.15) is 5.10 Å². The predicted molar refractivity (Wildman–Crippen MR) is 76.8 cm³/mol. The lowest BCUT2D eigenvalue weighted by Gasteiger charge is -2.26. The molecule has 1 saturated heterocycles. The molecule has 7 nitrogen and oxygen atoms in total. The van der Waals surface area contributed by atoms with Crippen LogP contribution in [0.5, 0.6) is 0 Å². The zero-order valence-electron chi connectivity index (χ0n) is 11.7. The van der Waals surface area contributed by atoms with Gasteiger partial charge in [-0.15, -0.1) is 0 Å². The Bertz CT molecular complexity index is 508. The van der Waals surface area contributed by atoms with Crippen LogP contribution in [0.3, 0.4) is 0 Å². The highest BCUT2D eigenvalue weighted by atomic mass is 32.2. The third kappa shape index (κ3) is 4.27. The van der Waals surface area contributed by atoms with Gasteiger partial charge in [0.2, 0.25) is 10.0 Å². The van der Waals surface area contributed by atoms with Gasteiger partial charge >= 0.3 is 0 Å². The summed E-state index contributed by atoms with van der Waals surface area (Å²) in [7, 11) is -3.46. The van der Waals surface area contributed by atoms with E-state index >= 15 is 0 Å². The fourth-order valence-corrected chi connectivity index (χ4v) is 3.32. The first-order chi connectivity index (χ1) is 9.62. The van der Waals surface area contributed by atoms with Crippen LogP contribution in [0, 0.1) is 0 Å². The van der Waals surface area contributed by atoms with Crippen LogP contribution in [0.15, 0.2) is 17.3 Å². The van der Waals surface area contributed by atoms with Crippen molar-refractivity contribution in [3.05, 3.63) is 12.4 Å². The number of sulfonamides is 1. The van der Waals surface area contributed by atoms with Crippen LogP contribution in [0.2, 0.25) is 0 Å². The van der Waals surface area contributed by atoms with E-state index in [0.717, 1.165) is 19.6 Å². The van der Waals surface area contributed by atoms with E-state index in [9.17, 15) is 8.42 Å². The van der Waals surface area contributed by atoms with E-state index in [-0.39, 0.29) is 4.90 Å². The van der Waals surface area contributed by atoms with E-state index in [1.165, 1.54) is 31.7 Å². The Hall–Kier alpha value is -0.960. The normalized spacial score (nSPS) is 17.4. The molecule has 0 saturated carbocycles. The first-order valence-electron chi connectivity index (χ1n) is 7.06. The largest absolute Gasteiger partial charge is 0.329 e. The van der Waals surface area contributed by atoms with Crippen molar-refractivity contribution in [2.24, 2.45) is 5.73 Å². The van der Waals surface area contributed by atoms with Gasteiger partial charge in [0.1, 0.15) is 4.90 Å². The molecule has 0 aromatic carbocycles. The molecule has 0 unspecified atom stereocenters. The minimum atomic E-state index is -3.46. The van der Waals surface area contributed by atoms with Crippen molar-refractivity contribution < 1.29 is 8.42 Å². The lowest BCUT2D eigenvalue weighted by molar-refractivity contribution is 0.233. The number of aromatic nitrogens is 2. The fourth-order valence-electron chi connectivity index (χ4n) is 2.34. The molecule has 1 aromatic heterocycles. The highest BCUT2D eigenvalue weighted by Gasteiger charge is 2.17. The van der Waals surface area contributed by atoms with Gasteiger partial charge in [0.05, 0.1) is 12.7 Å². The summed E-state index contributed by atoms with van der Waals surface area (Å²) in [5.74, 6) is 0. The molecule has 1 aromatic rings. The average molecular weight is 301 g/mol. The highest BCUT2D eigenvalue weighted by molar-refractivity contribution is 7.89. The molecule has 20 heavy (non-hydrogen) atoms. The van der Waals surface area contributed by atoms with Crippen molar-refractivity contribution in [2.75, 3.05) is 32.7 Å². The summed E-state index contributed by atoms with van der Waals surface area (Å²) >= 11 is 0. The maximum Gasteiger partial charge on any atom is 0.243 e. The third-order valence-corrected chi connectivity index (χ3v) is 4.86. The Morgan fingerprint density at radius 2 is 2.00 bits per heavy atom. The minimum Gasteiger partial charge on any atom is -0.329 e. The SMILES string of the molecule is NCCn1cc(S(=O)(=O)NCCN2CCCCC2)cn1. The van der Waals surface area contributed by atoms with E-state index in [0.29, 0.717) is 19.6 Å². The standard InChI is InChI=1S/C12H23N5O2S/c13-4-8-17-11-12(10-14-17)20(18,19)15-5-9-16-6-2-1-3-7-16/h10-11,15H,1-9,13H2. The van der Waals surface area contributed by atoms with Crippen LogP contribution in [0.25, 0.3) is 0 Å². The molecule has 2 heterocycles. The first-order valence-corrected chi connectivity index (χ1v) is 8.55. The van der Waals surface area contributed by atoms with Gasteiger partial charge < -0.3 is 10.6 Å². The maximum atomic E-state index is 12.1. The number of nitrogens with one attached hydrogen (secondary N) is 1. The Morgan fingerprint density at radius 1 is 1.25 bits per heavy atom. The molecule has 0 aliphatic carbocycles. The number of likely N-dealkylation sites (tertiary alicyclic amines) is 1. The van der Waals surface area contributed by atoms with Crippen LogP contribution in [-0.2, 0) is 16.6 Å². The Balaban J connectivity index is 1.83. The smallest absolute Gasteiger partial charge is 0.243 e. The number of rotatable bonds is 7. The van der Waals surface area contributed by atoms with Crippen molar-refractivity contribution in [2.45, 2.75) is 30.7 Å². The van der Waals surface area contributed by atoms with Gasteiger partial charge in [0, 0.05) is 25.8 Å². The predicted octanol–water partition coefficient (Wildman–Crippen LogP) is -0.394. The second-order valence-electron chi connectivity index (χ2n) is 5.03. The van der Waals surface area contributed by atoms with Crippen molar-refractivity contribution in [1.29, 1.82) is 0 Å². The van der Waals surface area contributed by atoms with Crippen LogP contribution >= 0.6 is 0 Å². The second-order valence-corrected chi connectivity index (χ2v) is 6.79. The van der Waals surface area contributed by atoms with Crippen LogP contribution in [-0.4, -0.2) is 55.8 Å². The number of piperidine rings is 1. The van der Waals surface area contributed by atoms with E-state index in [1.54, 1.807) is 4.68 Å². The molecule has 114 valence electrons. The van der Waals surface area contributed by atoms with Gasteiger partial charge in [-0.1, -0.05) is 6.42 Å². The molecule has 0 radical (unpaired) electrons. The van der Waals surface area contributed by atoms with Crippen molar-refractivity contribution in [3.8, 4) is 0 Å². The number of hydrogen-bond acceptors (Lipinski definition) is 5. The fraction of sp³-hybridized carbons (Fsp3) is 0.750. The summed E-state index contributed by atoms with van der Waals surface area (Å²) in [6.07, 6.45) is 6.56. The van der Waals surface area contributed by atoms with E-state index < -0.39 is 10.0 Å². The highest BCUT2D eigenvalue weighted by Crippen LogP contribution is 2.09. The van der Waals surface area contributed by atoms with Crippen molar-refractivity contribution in [1.82, 2.24) is 19.4 Å². The summed E-state index contributed by atoms with van der Waals surface area (Å²) in [5, 5.41) is 3.98. The van der Waals surface area contributed by atoms with Crippen LogP contribution in [0.4, 0.5) is 0 Å². The lowest BCUT2D eigenvalue weighted by Crippen LogP contribution is -2.37. The van der Waals surface area contributed by atoms with E-state index in [2.05, 4.69) is 14.7 Å². The third-order valence-electron chi connectivity index (χ3n) is 3.45. The Kier molecular flexibility index (Phi) is 5.53. The molecule has 1 fully saturated rings. The molecule has 0 spiro atoms. The molecule has 3 N–H and O–H groups in total. The molecular formula is C12H23N5O2S. The molecular weight excluding hydrogens is 278 g/mol. The molecule has 8 heteroatoms. The van der Waals surface area contributed by atoms with Crippen molar-refractivity contribution in [3.63, 3.8) is 0 Å². The summed E-state index contributed by atoms with van der Waals surface area (Å²) in [5.41, 5.74) is 5.41. The minimum absolute atomic E-state index is 0.199. The van der Waals surface area contributed by atoms with Gasteiger partial charge in [0.15, 0.2) is 0 Å². The van der Waals surface area contributed by atoms with Crippen LogP contribution < -0.4 is 10.5 Å². The summed E-state index contributed by atoms with van der Waals surface area (Å²) in [4.78, 5) is 2.49. The number of nitrogens with zero attached hydrogens (tertiary/aromatic N) is 3. The summed E-state index contributed by atoms with van der Waals surface area (Å²) < 4.78 is 28.3. The Morgan fingerprint density at radius 3 is 2.70 bits per heavy atom. The van der Waals surface area contributed by atoms with Crippen LogP contribution in [0.1, 0.15) is 19.3 Å². The quantitative estimate of drug-likeness (QED) is 0.715. The van der Waals surface area contributed by atoms with Gasteiger partial charge in [-0.05, 0) is 25.9 Å². The topological polar surface area (TPSA) is 93.2 Å². The lowest BCUT2D eigenvalue weighted by atomic mass is 10.1. The summed E-state index contributed by atoms with van der Waals surface area (Å²) in [6, 6.07) is 0. The van der Waals surface area contributed by atoms with E-state index in [4.69, 9.17) is 5.73 Å². The van der Waals surface area contributed by atoms with Gasteiger partial charge in [0.25, 0.3) is 0 Å². The summed E-state index contributed by atoms with van der Waals surface area (Å²) in [6.45, 7) is 4.28. The molecule has 0 bridgehead atoms. The molecule has 0 atom stereocenters. The van der Waals surface area contributed by atoms with Gasteiger partial charge in [-0.3, -0.25) is 4.68 Å². The number of hydrogen-bond donors (Lipinski definition) is 2. The monoisotopic (exact) mass is 301 g/mol.